The fourth-order valence-electron chi connectivity index (χ4n) is 2.35. The second kappa shape index (κ2) is 7.79. The monoisotopic (exact) mass is 400 g/mol. The Labute approximate surface area is 138 Å². The molecule has 0 rings (SSSR count). The summed E-state index contributed by atoms with van der Waals surface area (Å²) in [6, 6.07) is 0. The van der Waals surface area contributed by atoms with Crippen LogP contribution < -0.4 is 0 Å². The van der Waals surface area contributed by atoms with Crippen molar-refractivity contribution in [3.63, 3.8) is 0 Å². The Bertz CT molecular complexity index is 311. The summed E-state index contributed by atoms with van der Waals surface area (Å²) >= 11 is 0. The highest BCUT2D eigenvalue weighted by molar-refractivity contribution is 7.44. The lowest BCUT2D eigenvalue weighted by molar-refractivity contribution is 0.527. The zero-order valence-corrected chi connectivity index (χ0v) is 24.2. The van der Waals surface area contributed by atoms with Gasteiger partial charge < -0.3 is 12.3 Å². The zero-order valence-electron chi connectivity index (χ0n) is 15.3. The van der Waals surface area contributed by atoms with E-state index >= 15 is 0 Å². The summed E-state index contributed by atoms with van der Waals surface area (Å²) in [5.41, 5.74) is 1.31. The molecule has 0 spiro atoms. The van der Waals surface area contributed by atoms with Gasteiger partial charge in [-0.1, -0.05) is 13.1 Å². The summed E-state index contributed by atoms with van der Waals surface area (Å²) in [6.07, 6.45) is 0. The van der Waals surface area contributed by atoms with Crippen molar-refractivity contribution in [3.05, 3.63) is 0 Å². The normalized spacial score (nSPS) is 18.4. The molecule has 0 heterocycles. The quantitative estimate of drug-likeness (QED) is 0.540. The van der Waals surface area contributed by atoms with E-state index in [4.69, 9.17) is 12.3 Å². The third-order valence-corrected chi connectivity index (χ3v) is 51.6. The molecule has 0 aromatic rings. The topological polar surface area (TPSA) is 27.7 Å². The lowest BCUT2D eigenvalue weighted by Gasteiger charge is -2.48. The van der Waals surface area contributed by atoms with Crippen LogP contribution in [-0.4, -0.2) is 61.1 Å². The van der Waals surface area contributed by atoms with Crippen LogP contribution in [0.15, 0.2) is 0 Å². The summed E-state index contributed by atoms with van der Waals surface area (Å²) in [7, 11) is -6.20. The van der Waals surface area contributed by atoms with Crippen molar-refractivity contribution in [1.82, 2.24) is 0 Å². The van der Waals surface area contributed by atoms with E-state index in [0.717, 1.165) is 0 Å². The van der Waals surface area contributed by atoms with Crippen molar-refractivity contribution in [2.45, 2.75) is 64.6 Å². The molecule has 0 aromatic carbocycles. The van der Waals surface area contributed by atoms with Gasteiger partial charge in [-0.25, -0.2) is 0 Å². The summed E-state index contributed by atoms with van der Waals surface area (Å²) in [4.78, 5) is 0. The first-order valence-corrected chi connectivity index (χ1v) is 26.6. The molecule has 0 bridgehead atoms. The van der Waals surface area contributed by atoms with Gasteiger partial charge in [-0.3, -0.25) is 0 Å². The Kier molecular flexibility index (Phi) is 8.33. The molecule has 10 heteroatoms. The van der Waals surface area contributed by atoms with Crippen molar-refractivity contribution in [1.29, 1.82) is 0 Å². The van der Waals surface area contributed by atoms with Crippen LogP contribution >= 0.6 is 0 Å². The fraction of sp³-hybridized carbons (Fsp3) is 1.00. The molecule has 0 N–H and O–H groups in total. The third kappa shape index (κ3) is 4.96. The maximum absolute atomic E-state index is 7.04. The van der Waals surface area contributed by atoms with Crippen molar-refractivity contribution in [3.8, 4) is 0 Å². The van der Waals surface area contributed by atoms with Crippen molar-refractivity contribution in [2.24, 2.45) is 0 Å². The maximum Gasteiger partial charge on any atom is 0.191 e. The zero-order chi connectivity index (χ0) is 16.2. The second-order valence-electron chi connectivity index (χ2n) is 7.08. The highest BCUT2D eigenvalue weighted by Crippen LogP contribution is 2.32. The molecular weight excluding hydrogens is 365 g/mol. The highest BCUT2D eigenvalue weighted by atomic mass is 29.3. The van der Waals surface area contributed by atoms with E-state index in [0.29, 0.717) is 0 Å². The van der Waals surface area contributed by atoms with Gasteiger partial charge in [0.15, 0.2) is 31.3 Å². The third-order valence-electron chi connectivity index (χ3n) is 4.89. The molecule has 0 radical (unpaired) electrons. The van der Waals surface area contributed by atoms with Crippen LogP contribution in [0, 0.1) is 0 Å². The molecule has 0 aliphatic heterocycles. The Morgan fingerprint density at radius 1 is 0.750 bits per heavy atom. The van der Waals surface area contributed by atoms with Crippen LogP contribution in [0.25, 0.3) is 0 Å². The number of hydrogen-bond donors (Lipinski definition) is 0. The minimum absolute atomic E-state index is 0.342. The summed E-state index contributed by atoms with van der Waals surface area (Å²) in [5, 5.41) is 0. The van der Waals surface area contributed by atoms with Gasteiger partial charge in [-0.2, -0.15) is 0 Å². The maximum atomic E-state index is 7.04. The Hall–Kier alpha value is 1.40. The molecule has 1 unspecified atom stereocenters. The van der Waals surface area contributed by atoms with E-state index in [1.807, 2.05) is 0 Å². The molecule has 0 aliphatic rings. The molecule has 0 saturated heterocycles. The van der Waals surface area contributed by atoms with Crippen LogP contribution in [0.2, 0.25) is 64.6 Å². The lowest BCUT2D eigenvalue weighted by Crippen LogP contribution is -2.71. The average Bonchev–Trinajstić information content (AvgIpc) is 2.27. The van der Waals surface area contributed by atoms with Gasteiger partial charge in [-0.05, 0) is 51.5 Å². The van der Waals surface area contributed by atoms with E-state index in [1.165, 1.54) is 15.9 Å². The fourth-order valence-corrected chi connectivity index (χ4v) is 48.3. The second-order valence-corrected chi connectivity index (χ2v) is 39.7. The Morgan fingerprint density at radius 2 is 1.15 bits per heavy atom. The first kappa shape index (κ1) is 21.4. The highest BCUT2D eigenvalue weighted by Gasteiger charge is 2.54. The van der Waals surface area contributed by atoms with Gasteiger partial charge in [-0.15, -0.1) is 0 Å². The number of hydrogen-bond acceptors (Lipinski definition) is 3. The molecule has 122 valence electrons. The molecule has 0 amide bonds. The molecule has 0 fully saturated rings. The summed E-state index contributed by atoms with van der Waals surface area (Å²) < 4.78 is 19.7. The van der Waals surface area contributed by atoms with Gasteiger partial charge in [0.05, 0.1) is 0 Å². The van der Waals surface area contributed by atoms with Gasteiger partial charge in [0.2, 0.25) is 0 Å². The van der Waals surface area contributed by atoms with Crippen LogP contribution in [-0.2, 0) is 12.3 Å². The first-order chi connectivity index (χ1) is 8.89. The van der Waals surface area contributed by atoms with E-state index in [1.54, 1.807) is 0 Å². The van der Waals surface area contributed by atoms with Crippen LogP contribution in [0.3, 0.4) is 0 Å². The predicted molar refractivity (Wildman–Crippen MR) is 111 cm³/mol. The number of rotatable bonds is 9. The van der Waals surface area contributed by atoms with E-state index in [9.17, 15) is 0 Å². The summed E-state index contributed by atoms with van der Waals surface area (Å²) in [6.45, 7) is 21.3. The van der Waals surface area contributed by atoms with Crippen LogP contribution in [0.1, 0.15) is 0 Å². The SMILES string of the molecule is C[SiH2]O[Si](C)(C)[Si](C)(C)O[Si](C)(C[SiH3])[Si](C)(C)O[SiH2]C. The minimum Gasteiger partial charge on any atom is -0.461 e. The molecule has 3 nitrogen and oxygen atoms in total. The largest absolute Gasteiger partial charge is 0.461 e. The van der Waals surface area contributed by atoms with Gasteiger partial charge >= 0.3 is 0 Å². The minimum atomic E-state index is -1.74. The van der Waals surface area contributed by atoms with Gasteiger partial charge in [0.1, 0.15) is 19.5 Å². The molecular formula is C10H36O3Si7. The molecule has 1 atom stereocenters. The van der Waals surface area contributed by atoms with Crippen molar-refractivity contribution in [2.75, 3.05) is 0 Å². The standard InChI is InChI=1S/C10H36O3Si7/c1-15-11-17(3,4)19(7,8)13-20(9,10-14)18(5,6)12-16-2/h10,15-16H2,1-9,14H3. The van der Waals surface area contributed by atoms with Crippen molar-refractivity contribution < 1.29 is 12.3 Å². The first-order valence-electron chi connectivity index (χ1n) is 7.87. The van der Waals surface area contributed by atoms with Crippen LogP contribution in [0.4, 0.5) is 0 Å². The van der Waals surface area contributed by atoms with Crippen molar-refractivity contribution >= 4 is 61.1 Å². The van der Waals surface area contributed by atoms with Gasteiger partial charge in [0.25, 0.3) is 0 Å². The Balaban J connectivity index is 5.30. The molecule has 0 aliphatic carbocycles. The Morgan fingerprint density at radius 3 is 1.50 bits per heavy atom. The molecule has 0 saturated carbocycles. The van der Waals surface area contributed by atoms with E-state index in [2.05, 4.69) is 58.9 Å². The van der Waals surface area contributed by atoms with Crippen LogP contribution in [0.5, 0.6) is 0 Å². The lowest BCUT2D eigenvalue weighted by atomic mass is 11.8. The van der Waals surface area contributed by atoms with E-state index < -0.39 is 31.3 Å². The van der Waals surface area contributed by atoms with E-state index in [-0.39, 0.29) is 19.5 Å². The molecule has 0 aromatic heterocycles. The summed E-state index contributed by atoms with van der Waals surface area (Å²) in [5.74, 6) is 0. The van der Waals surface area contributed by atoms with Gasteiger partial charge in [0, 0.05) is 10.2 Å². The predicted octanol–water partition coefficient (Wildman–Crippen LogP) is 0.970. The molecule has 20 heavy (non-hydrogen) atoms. The smallest absolute Gasteiger partial charge is 0.191 e. The average molecular weight is 401 g/mol.